The molecule has 122 valence electrons. The summed E-state index contributed by atoms with van der Waals surface area (Å²) in [5, 5.41) is 3.42. The van der Waals surface area contributed by atoms with Crippen LogP contribution < -0.4 is 10.2 Å². The maximum atomic E-state index is 4.68. The number of guanidine groups is 1. The van der Waals surface area contributed by atoms with Crippen LogP contribution in [0.5, 0.6) is 0 Å². The molecule has 0 aliphatic rings. The van der Waals surface area contributed by atoms with Gasteiger partial charge in [-0.3, -0.25) is 0 Å². The van der Waals surface area contributed by atoms with Crippen LogP contribution in [0.1, 0.15) is 11.1 Å². The van der Waals surface area contributed by atoms with Crippen LogP contribution in [0.25, 0.3) is 0 Å². The Morgan fingerprint density at radius 3 is 2.09 bits per heavy atom. The molecule has 0 aromatic heterocycles. The van der Waals surface area contributed by atoms with E-state index in [4.69, 9.17) is 0 Å². The molecule has 0 heterocycles. The van der Waals surface area contributed by atoms with E-state index in [2.05, 4.69) is 51.6 Å². The van der Waals surface area contributed by atoms with Gasteiger partial charge in [0.15, 0.2) is 5.96 Å². The minimum absolute atomic E-state index is 0.681. The standard InChI is InChI=1S/C19H26N4/c1-22(2)18-12-10-17(11-13-18)15-21-19(23(3)4)20-14-16-8-6-5-7-9-16/h5-13H,14-15H2,1-4H3,(H,20,21). The summed E-state index contributed by atoms with van der Waals surface area (Å²) in [5.41, 5.74) is 3.66. The van der Waals surface area contributed by atoms with Crippen molar-refractivity contribution in [1.29, 1.82) is 0 Å². The molecule has 2 aromatic carbocycles. The molecule has 0 unspecified atom stereocenters. The second-order valence-electron chi connectivity index (χ2n) is 5.93. The van der Waals surface area contributed by atoms with Crippen molar-refractivity contribution >= 4 is 11.6 Å². The number of nitrogens with one attached hydrogen (secondary N) is 1. The molecule has 4 heteroatoms. The highest BCUT2D eigenvalue weighted by Crippen LogP contribution is 2.12. The smallest absolute Gasteiger partial charge is 0.194 e. The molecule has 0 fully saturated rings. The van der Waals surface area contributed by atoms with E-state index in [1.165, 1.54) is 16.8 Å². The second kappa shape index (κ2) is 8.22. The van der Waals surface area contributed by atoms with Gasteiger partial charge in [-0.1, -0.05) is 42.5 Å². The van der Waals surface area contributed by atoms with E-state index < -0.39 is 0 Å². The van der Waals surface area contributed by atoms with Gasteiger partial charge in [-0.2, -0.15) is 0 Å². The molecule has 2 aromatic rings. The van der Waals surface area contributed by atoms with E-state index in [0.717, 1.165) is 12.5 Å². The maximum Gasteiger partial charge on any atom is 0.194 e. The third kappa shape index (κ3) is 5.33. The average molecular weight is 310 g/mol. The highest BCUT2D eigenvalue weighted by Gasteiger charge is 2.02. The number of hydrogen-bond donors (Lipinski definition) is 1. The summed E-state index contributed by atoms with van der Waals surface area (Å²) in [7, 11) is 8.11. The average Bonchev–Trinajstić information content (AvgIpc) is 2.56. The number of hydrogen-bond acceptors (Lipinski definition) is 2. The van der Waals surface area contributed by atoms with Gasteiger partial charge < -0.3 is 15.1 Å². The molecule has 0 spiro atoms. The van der Waals surface area contributed by atoms with Crippen LogP contribution in [0.2, 0.25) is 0 Å². The zero-order chi connectivity index (χ0) is 16.7. The summed E-state index contributed by atoms with van der Waals surface area (Å²) >= 11 is 0. The lowest BCUT2D eigenvalue weighted by molar-refractivity contribution is 0.578. The number of aliphatic imine (C=N–C) groups is 1. The Kier molecular flexibility index (Phi) is 6.03. The molecular weight excluding hydrogens is 284 g/mol. The van der Waals surface area contributed by atoms with Gasteiger partial charge in [0.05, 0.1) is 6.54 Å². The van der Waals surface area contributed by atoms with E-state index in [0.29, 0.717) is 6.54 Å². The molecule has 0 amide bonds. The van der Waals surface area contributed by atoms with Crippen molar-refractivity contribution in [3.05, 3.63) is 65.7 Å². The first kappa shape index (κ1) is 16.9. The minimum Gasteiger partial charge on any atom is -0.378 e. The van der Waals surface area contributed by atoms with Crippen molar-refractivity contribution in [2.24, 2.45) is 4.99 Å². The molecule has 0 bridgehead atoms. The van der Waals surface area contributed by atoms with Crippen LogP contribution in [-0.4, -0.2) is 39.1 Å². The van der Waals surface area contributed by atoms with Crippen molar-refractivity contribution in [1.82, 2.24) is 10.2 Å². The number of nitrogens with zero attached hydrogens (tertiary/aromatic N) is 3. The summed E-state index contributed by atoms with van der Waals surface area (Å²) in [6, 6.07) is 18.9. The van der Waals surface area contributed by atoms with Gasteiger partial charge in [-0.25, -0.2) is 4.99 Å². The van der Waals surface area contributed by atoms with Crippen molar-refractivity contribution in [2.75, 3.05) is 33.1 Å². The summed E-state index contributed by atoms with van der Waals surface area (Å²) in [4.78, 5) is 8.79. The van der Waals surface area contributed by atoms with Gasteiger partial charge in [0.25, 0.3) is 0 Å². The third-order valence-corrected chi connectivity index (χ3v) is 3.58. The summed E-state index contributed by atoms with van der Waals surface area (Å²) in [5.74, 6) is 0.894. The van der Waals surface area contributed by atoms with Gasteiger partial charge in [-0.05, 0) is 23.3 Å². The Hall–Kier alpha value is -2.49. The van der Waals surface area contributed by atoms with Crippen LogP contribution in [0.15, 0.2) is 59.6 Å². The fraction of sp³-hybridized carbons (Fsp3) is 0.316. The highest BCUT2D eigenvalue weighted by atomic mass is 15.3. The molecule has 23 heavy (non-hydrogen) atoms. The second-order valence-corrected chi connectivity index (χ2v) is 5.93. The molecule has 0 atom stereocenters. The first-order valence-electron chi connectivity index (χ1n) is 7.82. The zero-order valence-electron chi connectivity index (χ0n) is 14.5. The lowest BCUT2D eigenvalue weighted by atomic mass is 10.2. The summed E-state index contributed by atoms with van der Waals surface area (Å²) in [6.07, 6.45) is 0. The van der Waals surface area contributed by atoms with E-state index in [9.17, 15) is 0 Å². The fourth-order valence-corrected chi connectivity index (χ4v) is 2.20. The first-order chi connectivity index (χ1) is 11.1. The molecule has 1 N–H and O–H groups in total. The van der Waals surface area contributed by atoms with Gasteiger partial charge in [0.1, 0.15) is 0 Å². The quantitative estimate of drug-likeness (QED) is 0.680. The fourth-order valence-electron chi connectivity index (χ4n) is 2.20. The maximum absolute atomic E-state index is 4.68. The Balaban J connectivity index is 1.96. The normalized spacial score (nSPS) is 11.2. The Morgan fingerprint density at radius 2 is 1.52 bits per heavy atom. The van der Waals surface area contributed by atoms with Crippen LogP contribution in [-0.2, 0) is 13.1 Å². The summed E-state index contributed by atoms with van der Waals surface area (Å²) in [6.45, 7) is 1.44. The predicted octanol–water partition coefficient (Wildman–Crippen LogP) is 2.96. The lowest BCUT2D eigenvalue weighted by Crippen LogP contribution is -2.36. The number of anilines is 1. The third-order valence-electron chi connectivity index (χ3n) is 3.58. The minimum atomic E-state index is 0.681. The molecule has 0 aliphatic carbocycles. The van der Waals surface area contributed by atoms with Crippen LogP contribution >= 0.6 is 0 Å². The highest BCUT2D eigenvalue weighted by molar-refractivity contribution is 5.79. The van der Waals surface area contributed by atoms with Crippen LogP contribution in [0.3, 0.4) is 0 Å². The topological polar surface area (TPSA) is 30.9 Å². The number of rotatable bonds is 5. The monoisotopic (exact) mass is 310 g/mol. The van der Waals surface area contributed by atoms with E-state index >= 15 is 0 Å². The summed E-state index contributed by atoms with van der Waals surface area (Å²) < 4.78 is 0. The number of benzene rings is 2. The van der Waals surface area contributed by atoms with Gasteiger partial charge >= 0.3 is 0 Å². The Labute approximate surface area is 139 Å². The van der Waals surface area contributed by atoms with Crippen molar-refractivity contribution < 1.29 is 0 Å². The molecule has 2 rings (SSSR count). The van der Waals surface area contributed by atoms with Crippen molar-refractivity contribution in [3.8, 4) is 0 Å². The molecular formula is C19H26N4. The molecule has 4 nitrogen and oxygen atoms in total. The molecule has 0 saturated carbocycles. The van der Waals surface area contributed by atoms with Crippen molar-refractivity contribution in [2.45, 2.75) is 13.1 Å². The van der Waals surface area contributed by atoms with E-state index in [1.807, 2.05) is 51.3 Å². The lowest BCUT2D eigenvalue weighted by Gasteiger charge is -2.18. The SMILES string of the molecule is CN(C)C(=NCc1ccccc1)NCc1ccc(N(C)C)cc1. The Morgan fingerprint density at radius 1 is 0.870 bits per heavy atom. The van der Waals surface area contributed by atoms with E-state index in [1.54, 1.807) is 0 Å². The van der Waals surface area contributed by atoms with Gasteiger partial charge in [-0.15, -0.1) is 0 Å². The van der Waals surface area contributed by atoms with E-state index in [-0.39, 0.29) is 0 Å². The van der Waals surface area contributed by atoms with Crippen LogP contribution in [0.4, 0.5) is 5.69 Å². The molecule has 0 radical (unpaired) electrons. The van der Waals surface area contributed by atoms with Gasteiger partial charge in [0, 0.05) is 40.4 Å². The van der Waals surface area contributed by atoms with Crippen molar-refractivity contribution in [3.63, 3.8) is 0 Å². The van der Waals surface area contributed by atoms with Gasteiger partial charge in [0.2, 0.25) is 0 Å². The zero-order valence-corrected chi connectivity index (χ0v) is 14.5. The largest absolute Gasteiger partial charge is 0.378 e. The Bertz CT molecular complexity index is 616. The van der Waals surface area contributed by atoms with Crippen LogP contribution in [0, 0.1) is 0 Å². The predicted molar refractivity (Wildman–Crippen MR) is 98.9 cm³/mol. The molecule has 0 saturated heterocycles. The first-order valence-corrected chi connectivity index (χ1v) is 7.82. The molecule has 0 aliphatic heterocycles.